The molecule has 4 rings (SSSR count). The van der Waals surface area contributed by atoms with Crippen molar-refractivity contribution in [1.29, 1.82) is 0 Å². The Morgan fingerprint density at radius 1 is 1.11 bits per heavy atom. The fourth-order valence-corrected chi connectivity index (χ4v) is 4.23. The summed E-state index contributed by atoms with van der Waals surface area (Å²) in [7, 11) is 1.53. The Bertz CT molecular complexity index is 1370. The van der Waals surface area contributed by atoms with Crippen LogP contribution in [0.1, 0.15) is 33.5 Å². The van der Waals surface area contributed by atoms with Crippen molar-refractivity contribution >= 4 is 29.1 Å². The summed E-state index contributed by atoms with van der Waals surface area (Å²) in [6.45, 7) is 0.603. The van der Waals surface area contributed by atoms with Crippen molar-refractivity contribution in [2.75, 3.05) is 30.0 Å². The molecular formula is C25H27N5O8. The molecule has 0 spiro atoms. The van der Waals surface area contributed by atoms with E-state index < -0.39 is 36.3 Å². The molecule has 0 fully saturated rings. The second-order valence-electron chi connectivity index (χ2n) is 8.73. The number of anilines is 2. The number of fused-ring (bicyclic) bond motifs is 1. The number of nitrogens with zero attached hydrogens (tertiary/aromatic N) is 4. The summed E-state index contributed by atoms with van der Waals surface area (Å²) < 4.78 is 6.55. The predicted octanol–water partition coefficient (Wildman–Crippen LogP) is -0.473. The van der Waals surface area contributed by atoms with Crippen LogP contribution in [-0.4, -0.2) is 80.2 Å². The highest BCUT2D eigenvalue weighted by atomic mass is 16.6. The lowest BCUT2D eigenvalue weighted by molar-refractivity contribution is -0.282. The number of carbonyl (C=O) groups is 3. The number of benzene rings is 2. The van der Waals surface area contributed by atoms with E-state index in [1.54, 1.807) is 36.4 Å². The molecule has 200 valence electrons. The van der Waals surface area contributed by atoms with Crippen molar-refractivity contribution in [3.05, 3.63) is 65.5 Å². The van der Waals surface area contributed by atoms with E-state index in [1.807, 2.05) is 0 Å². The average Bonchev–Trinajstić information content (AvgIpc) is 3.28. The van der Waals surface area contributed by atoms with Crippen LogP contribution in [0.2, 0.25) is 0 Å². The van der Waals surface area contributed by atoms with Crippen LogP contribution in [0.3, 0.4) is 0 Å². The molecular weight excluding hydrogens is 498 g/mol. The maximum absolute atomic E-state index is 13.7. The Morgan fingerprint density at radius 2 is 1.71 bits per heavy atom. The van der Waals surface area contributed by atoms with Crippen LogP contribution < -0.4 is 20.3 Å². The molecule has 0 bridgehead atoms. The van der Waals surface area contributed by atoms with Crippen LogP contribution in [0, 0.1) is 0 Å². The van der Waals surface area contributed by atoms with Gasteiger partial charge in [0.15, 0.2) is 5.69 Å². The molecule has 6 N–H and O–H groups in total. The van der Waals surface area contributed by atoms with Crippen molar-refractivity contribution in [2.45, 2.75) is 25.4 Å². The molecule has 0 radical (unpaired) electrons. The number of aliphatic hydroxyl groups is 4. The topological polar surface area (TPSA) is 192 Å². The minimum Gasteiger partial charge on any atom is -0.497 e. The maximum atomic E-state index is 13.7. The zero-order chi connectivity index (χ0) is 27.8. The highest BCUT2D eigenvalue weighted by molar-refractivity contribution is 6.09. The van der Waals surface area contributed by atoms with Gasteiger partial charge in [-0.3, -0.25) is 14.4 Å². The number of aromatic nitrogens is 2. The largest absolute Gasteiger partial charge is 0.497 e. The van der Waals surface area contributed by atoms with Crippen LogP contribution in [0.4, 0.5) is 11.4 Å². The van der Waals surface area contributed by atoms with Gasteiger partial charge in [0, 0.05) is 30.4 Å². The number of aliphatic hydroxyl groups excluding tert-OH is 1. The summed E-state index contributed by atoms with van der Waals surface area (Å²) >= 11 is 0. The number of primary amides is 1. The summed E-state index contributed by atoms with van der Waals surface area (Å²) in [5.41, 5.74) is 7.41. The minimum absolute atomic E-state index is 0.0128. The fourth-order valence-electron chi connectivity index (χ4n) is 4.23. The van der Waals surface area contributed by atoms with E-state index in [0.29, 0.717) is 29.1 Å². The lowest BCUT2D eigenvalue weighted by Gasteiger charge is -2.31. The Balaban J connectivity index is 1.67. The van der Waals surface area contributed by atoms with Gasteiger partial charge in [-0.15, -0.1) is 0 Å². The Labute approximate surface area is 216 Å². The van der Waals surface area contributed by atoms with Crippen molar-refractivity contribution in [2.24, 2.45) is 5.73 Å². The standard InChI is InChI=1S/C25H27N5O8/c1-14(31)29(13-25(36,37)24(34)35)16-5-3-15(4-6-16)28-12-11-19-20(22(26)32)27-30(21(19)23(28)33)17-7-9-18(38-2)10-8-17/h3-10,24,34-37H,11-13H2,1-2H3,(H2,26,32). The molecule has 1 aromatic heterocycles. The number of methoxy groups -OCH3 is 1. The van der Waals surface area contributed by atoms with E-state index in [2.05, 4.69) is 5.10 Å². The molecule has 0 aliphatic carbocycles. The van der Waals surface area contributed by atoms with Gasteiger partial charge >= 0.3 is 0 Å². The maximum Gasteiger partial charge on any atom is 0.277 e. The molecule has 1 aliphatic heterocycles. The van der Waals surface area contributed by atoms with Gasteiger partial charge in [0.1, 0.15) is 11.4 Å². The molecule has 13 nitrogen and oxygen atoms in total. The summed E-state index contributed by atoms with van der Waals surface area (Å²) in [6, 6.07) is 12.9. The summed E-state index contributed by atoms with van der Waals surface area (Å²) in [5, 5.41) is 42.3. The van der Waals surface area contributed by atoms with Gasteiger partial charge in [0.2, 0.25) is 18.0 Å². The van der Waals surface area contributed by atoms with Gasteiger partial charge in [-0.05, 0) is 55.0 Å². The van der Waals surface area contributed by atoms with Crippen LogP contribution in [-0.2, 0) is 11.2 Å². The normalized spacial score (nSPS) is 13.4. The number of amides is 3. The van der Waals surface area contributed by atoms with E-state index in [-0.39, 0.29) is 23.6 Å². The summed E-state index contributed by atoms with van der Waals surface area (Å²) in [4.78, 5) is 40.3. The van der Waals surface area contributed by atoms with Crippen LogP contribution in [0.15, 0.2) is 48.5 Å². The second-order valence-corrected chi connectivity index (χ2v) is 8.73. The van der Waals surface area contributed by atoms with Crippen LogP contribution >= 0.6 is 0 Å². The van der Waals surface area contributed by atoms with Crippen molar-refractivity contribution in [3.8, 4) is 11.4 Å². The Kier molecular flexibility index (Phi) is 7.20. The molecule has 2 heterocycles. The molecule has 3 amide bonds. The van der Waals surface area contributed by atoms with Crippen LogP contribution in [0.5, 0.6) is 5.75 Å². The SMILES string of the molecule is COc1ccc(-n2nc(C(N)=O)c3c2C(=O)N(c2ccc(N(CC(O)(O)C(O)O)C(C)=O)cc2)CC3)cc1. The third-order valence-electron chi connectivity index (χ3n) is 6.22. The van der Waals surface area contributed by atoms with Gasteiger partial charge in [-0.2, -0.15) is 5.10 Å². The first-order valence-corrected chi connectivity index (χ1v) is 11.5. The first-order valence-electron chi connectivity index (χ1n) is 11.5. The molecule has 0 atom stereocenters. The van der Waals surface area contributed by atoms with E-state index in [4.69, 9.17) is 10.5 Å². The van der Waals surface area contributed by atoms with E-state index >= 15 is 0 Å². The lowest BCUT2D eigenvalue weighted by atomic mass is 10.0. The lowest BCUT2D eigenvalue weighted by Crippen LogP contribution is -2.52. The quantitative estimate of drug-likeness (QED) is 0.242. The summed E-state index contributed by atoms with van der Waals surface area (Å²) in [6.07, 6.45) is -2.19. The van der Waals surface area contributed by atoms with Gasteiger partial charge in [0.25, 0.3) is 11.8 Å². The van der Waals surface area contributed by atoms with Gasteiger partial charge in [-0.25, -0.2) is 4.68 Å². The number of hydrogen-bond donors (Lipinski definition) is 5. The molecule has 0 unspecified atom stereocenters. The number of nitrogens with two attached hydrogens (primary N) is 1. The molecule has 1 aliphatic rings. The highest BCUT2D eigenvalue weighted by Gasteiger charge is 2.37. The second kappa shape index (κ2) is 10.2. The van der Waals surface area contributed by atoms with E-state index in [9.17, 15) is 34.8 Å². The minimum atomic E-state index is -2.96. The molecule has 0 saturated heterocycles. The van der Waals surface area contributed by atoms with Crippen molar-refractivity contribution < 1.29 is 39.5 Å². The van der Waals surface area contributed by atoms with Gasteiger partial charge < -0.3 is 40.7 Å². The number of ether oxygens (including phenoxy) is 1. The average molecular weight is 526 g/mol. The number of hydrogen-bond acceptors (Lipinski definition) is 9. The Morgan fingerprint density at radius 3 is 2.24 bits per heavy atom. The number of carbonyl (C=O) groups excluding carboxylic acids is 3. The molecule has 13 heteroatoms. The fraction of sp³-hybridized carbons (Fsp3) is 0.280. The smallest absolute Gasteiger partial charge is 0.277 e. The first-order chi connectivity index (χ1) is 17.9. The highest BCUT2D eigenvalue weighted by Crippen LogP contribution is 2.30. The first kappa shape index (κ1) is 26.8. The monoisotopic (exact) mass is 525 g/mol. The number of rotatable bonds is 8. The molecule has 3 aromatic rings. The van der Waals surface area contributed by atoms with Gasteiger partial charge in [0.05, 0.1) is 19.3 Å². The van der Waals surface area contributed by atoms with Crippen LogP contribution in [0.25, 0.3) is 5.69 Å². The Hall–Kier alpha value is -4.30. The zero-order valence-electron chi connectivity index (χ0n) is 20.6. The van der Waals surface area contributed by atoms with Crippen molar-refractivity contribution in [1.82, 2.24) is 9.78 Å². The predicted molar refractivity (Wildman–Crippen MR) is 134 cm³/mol. The zero-order valence-corrected chi connectivity index (χ0v) is 20.6. The molecule has 2 aromatic carbocycles. The van der Waals surface area contributed by atoms with Gasteiger partial charge in [-0.1, -0.05) is 0 Å². The summed E-state index contributed by atoms with van der Waals surface area (Å²) in [5.74, 6) is -4.11. The van der Waals surface area contributed by atoms with E-state index in [1.165, 1.54) is 35.7 Å². The third-order valence-corrected chi connectivity index (χ3v) is 6.22. The van der Waals surface area contributed by atoms with Crippen molar-refractivity contribution in [3.63, 3.8) is 0 Å². The molecule has 38 heavy (non-hydrogen) atoms. The van der Waals surface area contributed by atoms with E-state index in [0.717, 1.165) is 4.90 Å². The third kappa shape index (κ3) is 4.95. The molecule has 0 saturated carbocycles.